The minimum absolute atomic E-state index is 0. The summed E-state index contributed by atoms with van der Waals surface area (Å²) in [4.78, 5) is 12.2. The summed E-state index contributed by atoms with van der Waals surface area (Å²) >= 11 is 0. The van der Waals surface area contributed by atoms with Gasteiger partial charge in [-0.3, -0.25) is 4.79 Å². The molecule has 0 bridgehead atoms. The van der Waals surface area contributed by atoms with Gasteiger partial charge in [0, 0.05) is 12.6 Å². The highest BCUT2D eigenvalue weighted by Gasteiger charge is 2.32. The van der Waals surface area contributed by atoms with Crippen LogP contribution in [0.15, 0.2) is 4.52 Å². The van der Waals surface area contributed by atoms with Crippen LogP contribution in [0.4, 0.5) is 0 Å². The van der Waals surface area contributed by atoms with Gasteiger partial charge >= 0.3 is 0 Å². The zero-order valence-electron chi connectivity index (χ0n) is 12.6. The van der Waals surface area contributed by atoms with E-state index in [-0.39, 0.29) is 23.7 Å². The van der Waals surface area contributed by atoms with E-state index in [2.05, 4.69) is 29.6 Å². The largest absolute Gasteiger partial charge is 0.361 e. The molecule has 1 aliphatic heterocycles. The van der Waals surface area contributed by atoms with E-state index in [0.29, 0.717) is 29.6 Å². The molecule has 1 amide bonds. The summed E-state index contributed by atoms with van der Waals surface area (Å²) in [5, 5.41) is 10.3. The molecule has 2 N–H and O–H groups in total. The van der Waals surface area contributed by atoms with E-state index in [0.717, 1.165) is 6.54 Å². The van der Waals surface area contributed by atoms with Crippen LogP contribution in [0.25, 0.3) is 0 Å². The van der Waals surface area contributed by atoms with E-state index in [4.69, 9.17) is 4.52 Å². The Balaban J connectivity index is 0.00000200. The van der Waals surface area contributed by atoms with E-state index in [1.54, 1.807) is 13.8 Å². The molecule has 0 spiro atoms. The molecule has 5 nitrogen and oxygen atoms in total. The van der Waals surface area contributed by atoms with Crippen LogP contribution in [0.5, 0.6) is 0 Å². The van der Waals surface area contributed by atoms with Crippen molar-refractivity contribution in [3.63, 3.8) is 0 Å². The summed E-state index contributed by atoms with van der Waals surface area (Å²) in [5.41, 5.74) is 1.42. The van der Waals surface area contributed by atoms with Gasteiger partial charge in [-0.2, -0.15) is 0 Å². The van der Waals surface area contributed by atoms with Crippen molar-refractivity contribution in [3.05, 3.63) is 17.0 Å². The number of aromatic nitrogens is 1. The van der Waals surface area contributed by atoms with Crippen LogP contribution < -0.4 is 10.6 Å². The number of carbonyl (C=O) groups excluding carboxylic acids is 1. The number of amides is 1. The minimum Gasteiger partial charge on any atom is -0.361 e. The summed E-state index contributed by atoms with van der Waals surface area (Å²) in [6.45, 7) is 9.69. The Morgan fingerprint density at radius 3 is 2.75 bits per heavy atom. The number of carbonyl (C=O) groups is 1. The van der Waals surface area contributed by atoms with E-state index < -0.39 is 0 Å². The van der Waals surface area contributed by atoms with Crippen molar-refractivity contribution in [2.24, 2.45) is 5.41 Å². The first-order chi connectivity index (χ1) is 8.92. The predicted molar refractivity (Wildman–Crippen MR) is 80.4 cm³/mol. The quantitative estimate of drug-likeness (QED) is 0.898. The van der Waals surface area contributed by atoms with Gasteiger partial charge in [-0.05, 0) is 38.6 Å². The molecule has 1 aromatic heterocycles. The van der Waals surface area contributed by atoms with Crippen LogP contribution in [-0.2, 0) is 0 Å². The Bertz CT molecular complexity index is 451. The van der Waals surface area contributed by atoms with Crippen molar-refractivity contribution >= 4 is 18.3 Å². The third-order valence-corrected chi connectivity index (χ3v) is 4.06. The van der Waals surface area contributed by atoms with Crippen LogP contribution >= 0.6 is 12.4 Å². The first-order valence-corrected chi connectivity index (χ1v) is 6.86. The van der Waals surface area contributed by atoms with Crippen molar-refractivity contribution in [2.75, 3.05) is 13.1 Å². The average Bonchev–Trinajstić information content (AvgIpc) is 2.67. The fourth-order valence-corrected chi connectivity index (χ4v) is 2.71. The third-order valence-electron chi connectivity index (χ3n) is 4.06. The fraction of sp³-hybridized carbons (Fsp3) is 0.714. The second-order valence-electron chi connectivity index (χ2n) is 6.01. The number of nitrogens with zero attached hydrogens (tertiary/aromatic N) is 1. The summed E-state index contributed by atoms with van der Waals surface area (Å²) in [6, 6.07) is 0.311. The molecule has 20 heavy (non-hydrogen) atoms. The highest BCUT2D eigenvalue weighted by molar-refractivity contribution is 5.96. The van der Waals surface area contributed by atoms with Crippen LogP contribution in [0.3, 0.4) is 0 Å². The van der Waals surface area contributed by atoms with Gasteiger partial charge in [0.2, 0.25) is 0 Å². The van der Waals surface area contributed by atoms with Crippen molar-refractivity contribution in [2.45, 2.75) is 46.6 Å². The van der Waals surface area contributed by atoms with Gasteiger partial charge in [0.15, 0.2) is 0 Å². The molecule has 2 heterocycles. The topological polar surface area (TPSA) is 67.2 Å². The highest BCUT2D eigenvalue weighted by atomic mass is 35.5. The van der Waals surface area contributed by atoms with Gasteiger partial charge in [-0.15, -0.1) is 12.4 Å². The van der Waals surface area contributed by atoms with Gasteiger partial charge in [0.25, 0.3) is 5.91 Å². The summed E-state index contributed by atoms with van der Waals surface area (Å²) in [7, 11) is 0. The SMILES string of the molecule is Cc1noc(C)c1C(=O)NCC1NCCCC1(C)C.Cl. The highest BCUT2D eigenvalue weighted by Crippen LogP contribution is 2.29. The van der Waals surface area contributed by atoms with Gasteiger partial charge in [0.05, 0.1) is 5.69 Å². The maximum atomic E-state index is 12.2. The molecule has 2 rings (SSSR count). The lowest BCUT2D eigenvalue weighted by atomic mass is 9.77. The number of halogens is 1. The second-order valence-corrected chi connectivity index (χ2v) is 6.01. The lowest BCUT2D eigenvalue weighted by Gasteiger charge is -2.39. The molecule has 114 valence electrons. The molecule has 0 aliphatic carbocycles. The first kappa shape index (κ1) is 17.0. The van der Waals surface area contributed by atoms with E-state index in [1.807, 2.05) is 0 Å². The maximum Gasteiger partial charge on any atom is 0.256 e. The standard InChI is InChI=1S/C14H23N3O2.ClH/c1-9-12(10(2)19-17-9)13(18)16-8-11-14(3,4)6-5-7-15-11;/h11,15H,5-8H2,1-4H3,(H,16,18);1H. The Morgan fingerprint density at radius 2 is 2.20 bits per heavy atom. The Labute approximate surface area is 126 Å². The first-order valence-electron chi connectivity index (χ1n) is 6.86. The Kier molecular flexibility index (Phi) is 5.59. The second kappa shape index (κ2) is 6.59. The van der Waals surface area contributed by atoms with Crippen molar-refractivity contribution in [3.8, 4) is 0 Å². The van der Waals surface area contributed by atoms with E-state index in [1.165, 1.54) is 12.8 Å². The van der Waals surface area contributed by atoms with Crippen LogP contribution in [0.1, 0.15) is 48.5 Å². The molecule has 1 unspecified atom stereocenters. The van der Waals surface area contributed by atoms with E-state index in [9.17, 15) is 4.79 Å². The Hall–Kier alpha value is -1.07. The number of nitrogens with one attached hydrogen (secondary N) is 2. The predicted octanol–water partition coefficient (Wildman–Crippen LogP) is 2.22. The molecular weight excluding hydrogens is 278 g/mol. The average molecular weight is 302 g/mol. The normalized spacial score (nSPS) is 21.1. The molecule has 0 saturated carbocycles. The van der Waals surface area contributed by atoms with Crippen LogP contribution in [0, 0.1) is 19.3 Å². The van der Waals surface area contributed by atoms with Crippen molar-refractivity contribution in [1.29, 1.82) is 0 Å². The molecule has 1 fully saturated rings. The number of hydrogen-bond acceptors (Lipinski definition) is 4. The third kappa shape index (κ3) is 3.52. The molecular formula is C14H24ClN3O2. The lowest BCUT2D eigenvalue weighted by molar-refractivity contribution is 0.0927. The maximum absolute atomic E-state index is 12.2. The monoisotopic (exact) mass is 301 g/mol. The number of rotatable bonds is 3. The van der Waals surface area contributed by atoms with Crippen LogP contribution in [0.2, 0.25) is 0 Å². The Morgan fingerprint density at radius 1 is 1.50 bits per heavy atom. The molecule has 1 aromatic rings. The zero-order chi connectivity index (χ0) is 14.0. The molecule has 6 heteroatoms. The minimum atomic E-state index is -0.0978. The van der Waals surface area contributed by atoms with Crippen molar-refractivity contribution in [1.82, 2.24) is 15.8 Å². The molecule has 0 aromatic carbocycles. The summed E-state index contributed by atoms with van der Waals surface area (Å²) < 4.78 is 5.02. The molecule has 1 atom stereocenters. The molecule has 0 radical (unpaired) electrons. The van der Waals surface area contributed by atoms with Crippen LogP contribution in [-0.4, -0.2) is 30.2 Å². The van der Waals surface area contributed by atoms with E-state index >= 15 is 0 Å². The molecule has 1 saturated heterocycles. The van der Waals surface area contributed by atoms with Gasteiger partial charge in [-0.25, -0.2) is 0 Å². The van der Waals surface area contributed by atoms with Gasteiger partial charge in [0.1, 0.15) is 11.3 Å². The summed E-state index contributed by atoms with van der Waals surface area (Å²) in [6.07, 6.45) is 2.38. The smallest absolute Gasteiger partial charge is 0.256 e. The number of aryl methyl sites for hydroxylation is 2. The molecule has 1 aliphatic rings. The van der Waals surface area contributed by atoms with Gasteiger partial charge < -0.3 is 15.2 Å². The summed E-state index contributed by atoms with van der Waals surface area (Å²) in [5.74, 6) is 0.477. The lowest BCUT2D eigenvalue weighted by Crippen LogP contribution is -2.52. The van der Waals surface area contributed by atoms with Gasteiger partial charge in [-0.1, -0.05) is 19.0 Å². The number of piperidine rings is 1. The number of hydrogen-bond donors (Lipinski definition) is 2. The zero-order valence-corrected chi connectivity index (χ0v) is 13.4. The fourth-order valence-electron chi connectivity index (χ4n) is 2.71. The van der Waals surface area contributed by atoms with Crippen molar-refractivity contribution < 1.29 is 9.32 Å².